The molecule has 1 saturated heterocycles. The van der Waals surface area contributed by atoms with Crippen molar-refractivity contribution in [3.8, 4) is 5.75 Å². The first kappa shape index (κ1) is 14.8. The molecule has 0 aliphatic carbocycles. The number of carbonyl (C=O) groups is 1. The Hall–Kier alpha value is -2.11. The second kappa shape index (κ2) is 6.34. The standard InChI is InChI=1S/C17H19NO4/c19-16(18-11-17(20)7-8-21-12-17)10-22-15-6-5-13-3-1-2-4-14(13)9-15/h1-6,9,20H,7-8,10-12H2,(H,18,19). The Balaban J connectivity index is 1.51. The molecule has 1 amide bonds. The van der Waals surface area contributed by atoms with E-state index < -0.39 is 5.60 Å². The second-order valence-corrected chi connectivity index (χ2v) is 5.60. The van der Waals surface area contributed by atoms with Crippen LogP contribution < -0.4 is 10.1 Å². The smallest absolute Gasteiger partial charge is 0.258 e. The fourth-order valence-electron chi connectivity index (χ4n) is 2.46. The summed E-state index contributed by atoms with van der Waals surface area (Å²) in [5.41, 5.74) is -0.946. The lowest BCUT2D eigenvalue weighted by atomic mass is 10.0. The van der Waals surface area contributed by atoms with Crippen LogP contribution >= 0.6 is 0 Å². The van der Waals surface area contributed by atoms with Crippen LogP contribution in [0.5, 0.6) is 5.75 Å². The molecule has 22 heavy (non-hydrogen) atoms. The van der Waals surface area contributed by atoms with Gasteiger partial charge >= 0.3 is 0 Å². The van der Waals surface area contributed by atoms with Crippen molar-refractivity contribution in [1.82, 2.24) is 5.32 Å². The molecule has 1 fully saturated rings. The number of rotatable bonds is 5. The zero-order valence-corrected chi connectivity index (χ0v) is 12.2. The Kier molecular flexibility index (Phi) is 4.27. The minimum absolute atomic E-state index is 0.0741. The van der Waals surface area contributed by atoms with E-state index in [-0.39, 0.29) is 25.7 Å². The molecule has 5 heteroatoms. The lowest BCUT2D eigenvalue weighted by Crippen LogP contribution is -2.44. The summed E-state index contributed by atoms with van der Waals surface area (Å²) >= 11 is 0. The Labute approximate surface area is 128 Å². The predicted octanol–water partition coefficient (Wildman–Crippen LogP) is 1.49. The van der Waals surface area contributed by atoms with Gasteiger partial charge in [-0.1, -0.05) is 30.3 Å². The third-order valence-corrected chi connectivity index (χ3v) is 3.79. The third-order valence-electron chi connectivity index (χ3n) is 3.79. The van der Waals surface area contributed by atoms with Gasteiger partial charge in [-0.2, -0.15) is 0 Å². The number of hydrogen-bond acceptors (Lipinski definition) is 4. The Morgan fingerprint density at radius 1 is 1.27 bits per heavy atom. The number of carbonyl (C=O) groups excluding carboxylic acids is 1. The number of fused-ring (bicyclic) bond motifs is 1. The summed E-state index contributed by atoms with van der Waals surface area (Å²) in [6.45, 7) is 0.904. The largest absolute Gasteiger partial charge is 0.484 e. The highest BCUT2D eigenvalue weighted by Gasteiger charge is 2.32. The number of benzene rings is 2. The van der Waals surface area contributed by atoms with Gasteiger partial charge in [0.2, 0.25) is 0 Å². The van der Waals surface area contributed by atoms with Crippen LogP contribution in [0.2, 0.25) is 0 Å². The monoisotopic (exact) mass is 301 g/mol. The van der Waals surface area contributed by atoms with E-state index in [9.17, 15) is 9.90 Å². The van der Waals surface area contributed by atoms with Crippen LogP contribution in [0.15, 0.2) is 42.5 Å². The molecule has 0 radical (unpaired) electrons. The zero-order valence-electron chi connectivity index (χ0n) is 12.2. The summed E-state index contributed by atoms with van der Waals surface area (Å²) in [5.74, 6) is 0.394. The Bertz CT molecular complexity index is 665. The summed E-state index contributed by atoms with van der Waals surface area (Å²) in [6, 6.07) is 13.7. The Morgan fingerprint density at radius 2 is 2.09 bits per heavy atom. The van der Waals surface area contributed by atoms with Crippen LogP contribution in [0.25, 0.3) is 10.8 Å². The first-order valence-electron chi connectivity index (χ1n) is 7.33. The van der Waals surface area contributed by atoms with Crippen molar-refractivity contribution < 1.29 is 19.4 Å². The van der Waals surface area contributed by atoms with Crippen LogP contribution in [-0.2, 0) is 9.53 Å². The molecule has 2 aromatic rings. The van der Waals surface area contributed by atoms with Crippen molar-refractivity contribution in [2.24, 2.45) is 0 Å². The average Bonchev–Trinajstić information content (AvgIpc) is 2.98. The first-order valence-corrected chi connectivity index (χ1v) is 7.33. The van der Waals surface area contributed by atoms with Crippen molar-refractivity contribution in [2.75, 3.05) is 26.4 Å². The fraction of sp³-hybridized carbons (Fsp3) is 0.353. The molecule has 116 valence electrons. The highest BCUT2D eigenvalue weighted by Crippen LogP contribution is 2.20. The lowest BCUT2D eigenvalue weighted by molar-refractivity contribution is -0.124. The zero-order chi connectivity index (χ0) is 15.4. The molecule has 0 bridgehead atoms. The number of hydrogen-bond donors (Lipinski definition) is 2. The summed E-state index contributed by atoms with van der Waals surface area (Å²) < 4.78 is 10.6. The topological polar surface area (TPSA) is 67.8 Å². The highest BCUT2D eigenvalue weighted by atomic mass is 16.5. The van der Waals surface area contributed by atoms with E-state index >= 15 is 0 Å². The maximum Gasteiger partial charge on any atom is 0.258 e. The van der Waals surface area contributed by atoms with Crippen LogP contribution in [0.3, 0.4) is 0 Å². The summed E-state index contributed by atoms with van der Waals surface area (Å²) in [4.78, 5) is 11.8. The second-order valence-electron chi connectivity index (χ2n) is 5.60. The minimum atomic E-state index is -0.946. The van der Waals surface area contributed by atoms with Crippen LogP contribution in [-0.4, -0.2) is 43.0 Å². The molecule has 3 rings (SSSR count). The van der Waals surface area contributed by atoms with Crippen molar-refractivity contribution in [3.05, 3.63) is 42.5 Å². The molecule has 5 nitrogen and oxygen atoms in total. The van der Waals surface area contributed by atoms with E-state index in [0.29, 0.717) is 18.8 Å². The maximum atomic E-state index is 11.8. The van der Waals surface area contributed by atoms with Gasteiger partial charge in [0.15, 0.2) is 6.61 Å². The van der Waals surface area contributed by atoms with Gasteiger partial charge in [-0.3, -0.25) is 4.79 Å². The Morgan fingerprint density at radius 3 is 2.86 bits per heavy atom. The normalized spacial score (nSPS) is 21.0. The van der Waals surface area contributed by atoms with E-state index in [2.05, 4.69) is 5.32 Å². The van der Waals surface area contributed by atoms with Crippen molar-refractivity contribution in [3.63, 3.8) is 0 Å². The van der Waals surface area contributed by atoms with E-state index in [1.807, 2.05) is 42.5 Å². The molecule has 0 aromatic heterocycles. The van der Waals surface area contributed by atoms with E-state index in [0.717, 1.165) is 10.8 Å². The highest BCUT2D eigenvalue weighted by molar-refractivity contribution is 5.84. The molecule has 0 saturated carbocycles. The van der Waals surface area contributed by atoms with Gasteiger partial charge in [0.25, 0.3) is 5.91 Å². The summed E-state index contributed by atoms with van der Waals surface area (Å²) in [6.07, 6.45) is 0.540. The van der Waals surface area contributed by atoms with Crippen LogP contribution in [0, 0.1) is 0 Å². The van der Waals surface area contributed by atoms with E-state index in [1.165, 1.54) is 0 Å². The van der Waals surface area contributed by atoms with Gasteiger partial charge in [-0.25, -0.2) is 0 Å². The molecule has 0 spiro atoms. The van der Waals surface area contributed by atoms with Crippen molar-refractivity contribution in [2.45, 2.75) is 12.0 Å². The molecular weight excluding hydrogens is 282 g/mol. The first-order chi connectivity index (χ1) is 10.6. The molecule has 1 unspecified atom stereocenters. The molecule has 1 aliphatic heterocycles. The van der Waals surface area contributed by atoms with Gasteiger partial charge in [-0.15, -0.1) is 0 Å². The number of aliphatic hydroxyl groups is 1. The molecule has 1 atom stereocenters. The SMILES string of the molecule is O=C(COc1ccc2ccccc2c1)NCC1(O)CCOC1. The van der Waals surface area contributed by atoms with Crippen LogP contribution in [0.1, 0.15) is 6.42 Å². The molecule has 1 heterocycles. The fourth-order valence-corrected chi connectivity index (χ4v) is 2.46. The van der Waals surface area contributed by atoms with Crippen molar-refractivity contribution >= 4 is 16.7 Å². The van der Waals surface area contributed by atoms with Gasteiger partial charge < -0.3 is 19.9 Å². The van der Waals surface area contributed by atoms with Gasteiger partial charge in [0.05, 0.1) is 6.61 Å². The number of ether oxygens (including phenoxy) is 2. The molecule has 2 N–H and O–H groups in total. The summed E-state index contributed by atoms with van der Waals surface area (Å²) in [5, 5.41) is 14.9. The minimum Gasteiger partial charge on any atom is -0.484 e. The van der Waals surface area contributed by atoms with Gasteiger partial charge in [0.1, 0.15) is 11.4 Å². The maximum absolute atomic E-state index is 11.8. The summed E-state index contributed by atoms with van der Waals surface area (Å²) in [7, 11) is 0. The number of amides is 1. The molecule has 2 aromatic carbocycles. The van der Waals surface area contributed by atoms with E-state index in [4.69, 9.17) is 9.47 Å². The lowest BCUT2D eigenvalue weighted by Gasteiger charge is -2.20. The molecule has 1 aliphatic rings. The molecular formula is C17H19NO4. The predicted molar refractivity (Wildman–Crippen MR) is 82.8 cm³/mol. The van der Waals surface area contributed by atoms with Crippen molar-refractivity contribution in [1.29, 1.82) is 0 Å². The van der Waals surface area contributed by atoms with Gasteiger partial charge in [0, 0.05) is 19.6 Å². The quantitative estimate of drug-likeness (QED) is 0.878. The van der Waals surface area contributed by atoms with Gasteiger partial charge in [-0.05, 0) is 22.9 Å². The van der Waals surface area contributed by atoms with E-state index in [1.54, 1.807) is 0 Å². The third kappa shape index (κ3) is 3.55. The average molecular weight is 301 g/mol. The van der Waals surface area contributed by atoms with Crippen LogP contribution in [0.4, 0.5) is 0 Å². The number of nitrogens with one attached hydrogen (secondary N) is 1.